The van der Waals surface area contributed by atoms with Crippen molar-refractivity contribution in [3.05, 3.63) is 64.8 Å². The van der Waals surface area contributed by atoms with E-state index in [4.69, 9.17) is 4.42 Å². The molecule has 138 valence electrons. The Bertz CT molecular complexity index is 961. The van der Waals surface area contributed by atoms with Crippen LogP contribution < -0.4 is 0 Å². The van der Waals surface area contributed by atoms with Crippen molar-refractivity contribution in [2.24, 2.45) is 0 Å². The van der Waals surface area contributed by atoms with Gasteiger partial charge in [0, 0.05) is 41.8 Å². The van der Waals surface area contributed by atoms with Gasteiger partial charge in [0.1, 0.15) is 0 Å². The summed E-state index contributed by atoms with van der Waals surface area (Å²) in [7, 11) is 2.08. The van der Waals surface area contributed by atoms with Gasteiger partial charge in [0.2, 0.25) is 5.89 Å². The number of oxazole rings is 1. The molecule has 1 saturated heterocycles. The fourth-order valence-corrected chi connectivity index (χ4v) is 3.61. The Hall–Kier alpha value is -2.44. The van der Waals surface area contributed by atoms with Crippen molar-refractivity contribution in [2.45, 2.75) is 0 Å². The van der Waals surface area contributed by atoms with E-state index >= 15 is 0 Å². The van der Waals surface area contributed by atoms with Crippen LogP contribution in [0.15, 0.2) is 63.6 Å². The Balaban J connectivity index is 1.65. The van der Waals surface area contributed by atoms with Crippen LogP contribution in [-0.2, 0) is 0 Å². The quantitative estimate of drug-likeness (QED) is 0.631. The molecular formula is C21H20BrN3O2. The summed E-state index contributed by atoms with van der Waals surface area (Å²) in [6.45, 7) is 3.25. The number of carbonyl (C=O) groups is 1. The predicted molar refractivity (Wildman–Crippen MR) is 108 cm³/mol. The average molecular weight is 426 g/mol. The van der Waals surface area contributed by atoms with Crippen molar-refractivity contribution in [1.82, 2.24) is 14.8 Å². The highest BCUT2D eigenvalue weighted by molar-refractivity contribution is 9.10. The lowest BCUT2D eigenvalue weighted by molar-refractivity contribution is 0.0664. The molecule has 2 heterocycles. The highest BCUT2D eigenvalue weighted by Crippen LogP contribution is 2.30. The number of aromatic nitrogens is 1. The first kappa shape index (κ1) is 17.9. The molecule has 0 saturated carbocycles. The molecule has 1 amide bonds. The third-order valence-corrected chi connectivity index (χ3v) is 5.29. The largest absolute Gasteiger partial charge is 0.436 e. The van der Waals surface area contributed by atoms with Gasteiger partial charge in [0.25, 0.3) is 5.91 Å². The molecule has 0 spiro atoms. The van der Waals surface area contributed by atoms with Gasteiger partial charge < -0.3 is 14.2 Å². The Morgan fingerprint density at radius 3 is 2.63 bits per heavy atom. The van der Waals surface area contributed by atoms with Gasteiger partial charge in [0.05, 0.1) is 11.8 Å². The smallest absolute Gasteiger partial charge is 0.254 e. The molecule has 2 aromatic carbocycles. The number of carbonyl (C=O) groups excluding carboxylic acids is 1. The molecule has 0 bridgehead atoms. The zero-order valence-corrected chi connectivity index (χ0v) is 16.6. The van der Waals surface area contributed by atoms with Crippen LogP contribution in [0.3, 0.4) is 0 Å². The number of piperazine rings is 1. The van der Waals surface area contributed by atoms with Gasteiger partial charge >= 0.3 is 0 Å². The molecule has 0 N–H and O–H groups in total. The molecule has 4 rings (SSSR count). The van der Waals surface area contributed by atoms with Gasteiger partial charge in [-0.15, -0.1) is 0 Å². The summed E-state index contributed by atoms with van der Waals surface area (Å²) < 4.78 is 6.97. The molecule has 0 radical (unpaired) electrons. The summed E-state index contributed by atoms with van der Waals surface area (Å²) in [6.07, 6.45) is 1.70. The van der Waals surface area contributed by atoms with E-state index in [0.29, 0.717) is 17.2 Å². The van der Waals surface area contributed by atoms with E-state index in [1.807, 2.05) is 53.4 Å². The minimum absolute atomic E-state index is 0.0286. The summed E-state index contributed by atoms with van der Waals surface area (Å²) in [5, 5.41) is 0. The monoisotopic (exact) mass is 425 g/mol. The lowest BCUT2D eigenvalue weighted by Gasteiger charge is -2.32. The van der Waals surface area contributed by atoms with Crippen LogP contribution in [0.25, 0.3) is 22.8 Å². The van der Waals surface area contributed by atoms with Crippen molar-refractivity contribution >= 4 is 21.8 Å². The van der Waals surface area contributed by atoms with E-state index in [-0.39, 0.29) is 5.91 Å². The number of likely N-dealkylation sites (N-methyl/N-ethyl adjacent to an activating group) is 1. The Kier molecular flexibility index (Phi) is 5.09. The number of halogens is 1. The van der Waals surface area contributed by atoms with Gasteiger partial charge in [0.15, 0.2) is 5.76 Å². The van der Waals surface area contributed by atoms with Crippen LogP contribution in [0.4, 0.5) is 0 Å². The number of hydrogen-bond donors (Lipinski definition) is 0. The van der Waals surface area contributed by atoms with E-state index in [2.05, 4.69) is 32.9 Å². The molecule has 0 unspecified atom stereocenters. The van der Waals surface area contributed by atoms with Crippen molar-refractivity contribution in [2.75, 3.05) is 33.2 Å². The topological polar surface area (TPSA) is 49.6 Å². The lowest BCUT2D eigenvalue weighted by Crippen LogP contribution is -2.47. The summed E-state index contributed by atoms with van der Waals surface area (Å²) >= 11 is 3.47. The molecule has 0 aliphatic carbocycles. The minimum atomic E-state index is 0.0286. The van der Waals surface area contributed by atoms with Gasteiger partial charge in [-0.1, -0.05) is 40.2 Å². The number of nitrogens with zero attached hydrogens (tertiary/aromatic N) is 3. The maximum absolute atomic E-state index is 13.1. The molecular weight excluding hydrogens is 406 g/mol. The van der Waals surface area contributed by atoms with E-state index < -0.39 is 0 Å². The highest BCUT2D eigenvalue weighted by Gasteiger charge is 2.24. The summed E-state index contributed by atoms with van der Waals surface area (Å²) in [5.74, 6) is 1.16. The molecule has 6 heteroatoms. The summed E-state index contributed by atoms with van der Waals surface area (Å²) in [6, 6.07) is 15.4. The second-order valence-electron chi connectivity index (χ2n) is 6.68. The van der Waals surface area contributed by atoms with Crippen LogP contribution in [0.1, 0.15) is 10.4 Å². The standard InChI is InChI=1S/C21H20BrN3O2/c1-24-9-11-25(12-10-24)21(26)18-8-3-2-7-17(18)20-23-14-19(27-20)15-5-4-6-16(22)13-15/h2-8,13-14H,9-12H2,1H3. The molecule has 1 aliphatic heterocycles. The molecule has 1 aliphatic rings. The fraction of sp³-hybridized carbons (Fsp3) is 0.238. The molecule has 0 atom stereocenters. The van der Waals surface area contributed by atoms with Crippen molar-refractivity contribution in [3.8, 4) is 22.8 Å². The van der Waals surface area contributed by atoms with Gasteiger partial charge in [-0.2, -0.15) is 0 Å². The third-order valence-electron chi connectivity index (χ3n) is 4.79. The minimum Gasteiger partial charge on any atom is -0.436 e. The molecule has 5 nitrogen and oxygen atoms in total. The normalized spacial score (nSPS) is 15.1. The Morgan fingerprint density at radius 1 is 1.07 bits per heavy atom. The SMILES string of the molecule is CN1CCN(C(=O)c2ccccc2-c2ncc(-c3cccc(Br)c3)o2)CC1. The number of rotatable bonds is 3. The van der Waals surface area contributed by atoms with Crippen molar-refractivity contribution < 1.29 is 9.21 Å². The molecule has 1 aromatic heterocycles. The summed E-state index contributed by atoms with van der Waals surface area (Å²) in [5.41, 5.74) is 2.29. The zero-order valence-electron chi connectivity index (χ0n) is 15.1. The van der Waals surface area contributed by atoms with Crippen LogP contribution in [-0.4, -0.2) is 53.9 Å². The van der Waals surface area contributed by atoms with E-state index in [9.17, 15) is 4.79 Å². The van der Waals surface area contributed by atoms with Crippen LogP contribution in [0, 0.1) is 0 Å². The lowest BCUT2D eigenvalue weighted by atomic mass is 10.1. The van der Waals surface area contributed by atoms with Gasteiger partial charge in [-0.25, -0.2) is 4.98 Å². The van der Waals surface area contributed by atoms with E-state index in [1.165, 1.54) is 0 Å². The number of benzene rings is 2. The Labute approximate surface area is 166 Å². The number of hydrogen-bond acceptors (Lipinski definition) is 4. The van der Waals surface area contributed by atoms with Crippen LogP contribution >= 0.6 is 15.9 Å². The highest BCUT2D eigenvalue weighted by atomic mass is 79.9. The van der Waals surface area contributed by atoms with E-state index in [0.717, 1.165) is 41.8 Å². The maximum atomic E-state index is 13.1. The van der Waals surface area contributed by atoms with Crippen LogP contribution in [0.5, 0.6) is 0 Å². The average Bonchev–Trinajstić information content (AvgIpc) is 3.18. The second-order valence-corrected chi connectivity index (χ2v) is 7.60. The van der Waals surface area contributed by atoms with Gasteiger partial charge in [-0.3, -0.25) is 4.79 Å². The first-order valence-corrected chi connectivity index (χ1v) is 9.70. The van der Waals surface area contributed by atoms with Crippen molar-refractivity contribution in [3.63, 3.8) is 0 Å². The fourth-order valence-electron chi connectivity index (χ4n) is 3.21. The molecule has 27 heavy (non-hydrogen) atoms. The van der Waals surface area contributed by atoms with Crippen molar-refractivity contribution in [1.29, 1.82) is 0 Å². The van der Waals surface area contributed by atoms with Crippen LogP contribution in [0.2, 0.25) is 0 Å². The zero-order chi connectivity index (χ0) is 18.8. The number of amides is 1. The first-order chi connectivity index (χ1) is 13.1. The summed E-state index contributed by atoms with van der Waals surface area (Å²) in [4.78, 5) is 21.6. The second kappa shape index (κ2) is 7.66. The van der Waals surface area contributed by atoms with E-state index in [1.54, 1.807) is 6.20 Å². The third kappa shape index (κ3) is 3.82. The van der Waals surface area contributed by atoms with Gasteiger partial charge in [-0.05, 0) is 31.3 Å². The first-order valence-electron chi connectivity index (χ1n) is 8.91. The maximum Gasteiger partial charge on any atom is 0.254 e. The molecule has 3 aromatic rings. The molecule has 1 fully saturated rings. The Morgan fingerprint density at radius 2 is 1.85 bits per heavy atom. The predicted octanol–water partition coefficient (Wildman–Crippen LogP) is 4.16.